The SMILES string of the molecule is COc1c2c(c(CO)c3c(C)coc13)[C@@H](C)CCC2. The summed E-state index contributed by atoms with van der Waals surface area (Å²) in [5, 5.41) is 10.9. The number of aliphatic hydroxyl groups is 1. The molecule has 0 radical (unpaired) electrons. The summed E-state index contributed by atoms with van der Waals surface area (Å²) in [6.45, 7) is 4.32. The zero-order valence-corrected chi connectivity index (χ0v) is 11.7. The molecular weight excluding hydrogens is 240 g/mol. The molecule has 0 saturated heterocycles. The first-order valence-corrected chi connectivity index (χ1v) is 6.89. The fourth-order valence-corrected chi connectivity index (χ4v) is 3.52. The Kier molecular flexibility index (Phi) is 3.02. The maximum atomic E-state index is 9.83. The number of fused-ring (bicyclic) bond motifs is 2. The largest absolute Gasteiger partial charge is 0.493 e. The second-order valence-electron chi connectivity index (χ2n) is 5.48. The van der Waals surface area contributed by atoms with E-state index in [1.165, 1.54) is 24.0 Å². The molecule has 1 heterocycles. The third-order valence-electron chi connectivity index (χ3n) is 4.33. The van der Waals surface area contributed by atoms with Crippen molar-refractivity contribution >= 4 is 11.0 Å². The highest BCUT2D eigenvalue weighted by Crippen LogP contribution is 2.45. The van der Waals surface area contributed by atoms with E-state index in [1.54, 1.807) is 13.4 Å². The van der Waals surface area contributed by atoms with E-state index in [2.05, 4.69) is 6.92 Å². The molecule has 3 heteroatoms. The fourth-order valence-electron chi connectivity index (χ4n) is 3.52. The van der Waals surface area contributed by atoms with Gasteiger partial charge >= 0.3 is 0 Å². The molecule has 0 saturated carbocycles. The molecule has 102 valence electrons. The zero-order chi connectivity index (χ0) is 13.6. The Morgan fingerprint density at radius 2 is 2.26 bits per heavy atom. The van der Waals surface area contributed by atoms with Crippen LogP contribution in [0, 0.1) is 6.92 Å². The molecule has 2 aromatic rings. The van der Waals surface area contributed by atoms with Crippen molar-refractivity contribution in [2.45, 2.75) is 45.6 Å². The first-order chi connectivity index (χ1) is 9.19. The molecule has 3 rings (SSSR count). The molecule has 3 nitrogen and oxygen atoms in total. The van der Waals surface area contributed by atoms with Crippen LogP contribution < -0.4 is 4.74 Å². The zero-order valence-electron chi connectivity index (χ0n) is 11.7. The Balaban J connectivity index is 2.46. The number of rotatable bonds is 2. The number of aliphatic hydroxyl groups excluding tert-OH is 1. The third kappa shape index (κ3) is 1.68. The van der Waals surface area contributed by atoms with E-state index >= 15 is 0 Å². The maximum Gasteiger partial charge on any atom is 0.176 e. The van der Waals surface area contributed by atoms with Crippen molar-refractivity contribution in [1.29, 1.82) is 0 Å². The Morgan fingerprint density at radius 1 is 1.47 bits per heavy atom. The van der Waals surface area contributed by atoms with Gasteiger partial charge in [-0.15, -0.1) is 0 Å². The standard InChI is InChI=1S/C16H20O3/c1-9-5-4-6-11-13(9)12(7-17)14-10(2)8-19-16(14)15(11)18-3/h8-9,17H,4-7H2,1-3H3/t9-/m0/s1. The molecule has 0 unspecified atom stereocenters. The lowest BCUT2D eigenvalue weighted by Crippen LogP contribution is -2.12. The maximum absolute atomic E-state index is 9.83. The summed E-state index contributed by atoms with van der Waals surface area (Å²) in [6.07, 6.45) is 5.10. The van der Waals surface area contributed by atoms with Gasteiger partial charge in [-0.2, -0.15) is 0 Å². The second-order valence-corrected chi connectivity index (χ2v) is 5.48. The molecule has 0 aliphatic heterocycles. The normalized spacial score (nSPS) is 18.6. The van der Waals surface area contributed by atoms with Crippen molar-refractivity contribution in [3.63, 3.8) is 0 Å². The first-order valence-electron chi connectivity index (χ1n) is 6.89. The van der Waals surface area contributed by atoms with Crippen LogP contribution in [-0.2, 0) is 13.0 Å². The van der Waals surface area contributed by atoms with Crippen LogP contribution in [0.4, 0.5) is 0 Å². The fraction of sp³-hybridized carbons (Fsp3) is 0.500. The van der Waals surface area contributed by atoms with E-state index in [9.17, 15) is 5.11 Å². The number of hydrogen-bond acceptors (Lipinski definition) is 3. The monoisotopic (exact) mass is 260 g/mol. The van der Waals surface area contributed by atoms with Gasteiger partial charge in [0, 0.05) is 10.9 Å². The lowest BCUT2D eigenvalue weighted by atomic mass is 9.79. The average molecular weight is 260 g/mol. The predicted octanol–water partition coefficient (Wildman–Crippen LogP) is 3.68. The molecule has 0 amide bonds. The van der Waals surface area contributed by atoms with Crippen LogP contribution in [-0.4, -0.2) is 12.2 Å². The summed E-state index contributed by atoms with van der Waals surface area (Å²) in [5.41, 5.74) is 5.40. The molecule has 0 fully saturated rings. The number of ether oxygens (including phenoxy) is 1. The van der Waals surface area contributed by atoms with Crippen molar-refractivity contribution in [2.24, 2.45) is 0 Å². The summed E-state index contributed by atoms with van der Waals surface area (Å²) in [5.74, 6) is 1.33. The highest BCUT2D eigenvalue weighted by Gasteiger charge is 2.28. The van der Waals surface area contributed by atoms with Crippen LogP contribution in [0.15, 0.2) is 10.7 Å². The summed E-state index contributed by atoms with van der Waals surface area (Å²) in [7, 11) is 1.70. The summed E-state index contributed by atoms with van der Waals surface area (Å²) >= 11 is 0. The molecule has 1 atom stereocenters. The molecular formula is C16H20O3. The van der Waals surface area contributed by atoms with Crippen LogP contribution in [0.2, 0.25) is 0 Å². The van der Waals surface area contributed by atoms with Crippen molar-refractivity contribution < 1.29 is 14.3 Å². The van der Waals surface area contributed by atoms with E-state index in [-0.39, 0.29) is 6.61 Å². The van der Waals surface area contributed by atoms with Crippen LogP contribution in [0.25, 0.3) is 11.0 Å². The minimum absolute atomic E-state index is 0.0630. The van der Waals surface area contributed by atoms with Gasteiger partial charge in [0.2, 0.25) is 0 Å². The minimum atomic E-state index is 0.0630. The van der Waals surface area contributed by atoms with E-state index in [0.29, 0.717) is 5.92 Å². The van der Waals surface area contributed by atoms with Crippen molar-refractivity contribution in [2.75, 3.05) is 7.11 Å². The topological polar surface area (TPSA) is 42.6 Å². The molecule has 19 heavy (non-hydrogen) atoms. The van der Waals surface area contributed by atoms with Crippen LogP contribution >= 0.6 is 0 Å². The highest BCUT2D eigenvalue weighted by molar-refractivity contribution is 5.92. The van der Waals surface area contributed by atoms with Gasteiger partial charge in [0.25, 0.3) is 0 Å². The highest BCUT2D eigenvalue weighted by atomic mass is 16.5. The van der Waals surface area contributed by atoms with Gasteiger partial charge < -0.3 is 14.3 Å². The van der Waals surface area contributed by atoms with Gasteiger partial charge in [-0.1, -0.05) is 6.92 Å². The lowest BCUT2D eigenvalue weighted by Gasteiger charge is -2.27. The van der Waals surface area contributed by atoms with E-state index in [0.717, 1.165) is 34.3 Å². The number of aryl methyl sites for hydroxylation is 1. The molecule has 1 aromatic heterocycles. The summed E-state index contributed by atoms with van der Waals surface area (Å²) < 4.78 is 11.3. The molecule has 1 aromatic carbocycles. The van der Waals surface area contributed by atoms with Gasteiger partial charge in [-0.05, 0) is 48.8 Å². The number of methoxy groups -OCH3 is 1. The van der Waals surface area contributed by atoms with E-state index in [1.807, 2.05) is 6.92 Å². The van der Waals surface area contributed by atoms with Gasteiger partial charge in [0.15, 0.2) is 11.3 Å². The summed E-state index contributed by atoms with van der Waals surface area (Å²) in [4.78, 5) is 0. The van der Waals surface area contributed by atoms with Gasteiger partial charge in [-0.25, -0.2) is 0 Å². The van der Waals surface area contributed by atoms with Crippen LogP contribution in [0.3, 0.4) is 0 Å². The molecule has 0 bridgehead atoms. The van der Waals surface area contributed by atoms with Crippen molar-refractivity contribution in [1.82, 2.24) is 0 Å². The van der Waals surface area contributed by atoms with Crippen molar-refractivity contribution in [3.8, 4) is 5.75 Å². The van der Waals surface area contributed by atoms with E-state index in [4.69, 9.17) is 9.15 Å². The quantitative estimate of drug-likeness (QED) is 0.895. The van der Waals surface area contributed by atoms with Crippen LogP contribution in [0.5, 0.6) is 5.75 Å². The van der Waals surface area contributed by atoms with Crippen molar-refractivity contribution in [3.05, 3.63) is 28.5 Å². The third-order valence-corrected chi connectivity index (χ3v) is 4.33. The molecule has 1 aliphatic carbocycles. The Labute approximate surface area is 113 Å². The Bertz CT molecular complexity index is 625. The molecule has 1 aliphatic rings. The Morgan fingerprint density at radius 3 is 2.95 bits per heavy atom. The second kappa shape index (κ2) is 4.57. The molecule has 0 spiro atoms. The summed E-state index contributed by atoms with van der Waals surface area (Å²) in [6, 6.07) is 0. The predicted molar refractivity (Wildman–Crippen MR) is 74.8 cm³/mol. The van der Waals surface area contributed by atoms with Crippen LogP contribution in [0.1, 0.15) is 47.9 Å². The average Bonchev–Trinajstić information content (AvgIpc) is 2.79. The number of furan rings is 1. The molecule has 1 N–H and O–H groups in total. The smallest absolute Gasteiger partial charge is 0.176 e. The number of benzene rings is 1. The van der Waals surface area contributed by atoms with E-state index < -0.39 is 0 Å². The minimum Gasteiger partial charge on any atom is -0.493 e. The van der Waals surface area contributed by atoms with Gasteiger partial charge in [0.1, 0.15) is 0 Å². The first kappa shape index (κ1) is 12.5. The lowest BCUT2D eigenvalue weighted by molar-refractivity contribution is 0.280. The van der Waals surface area contributed by atoms with Gasteiger partial charge in [-0.3, -0.25) is 0 Å². The Hall–Kier alpha value is -1.48. The number of hydrogen-bond donors (Lipinski definition) is 1. The van der Waals surface area contributed by atoms with Gasteiger partial charge in [0.05, 0.1) is 20.0 Å².